The van der Waals surface area contributed by atoms with Gasteiger partial charge in [-0.05, 0) is 53.9 Å². The maximum Gasteiger partial charge on any atom is 0.420 e. The van der Waals surface area contributed by atoms with E-state index in [-0.39, 0.29) is 23.4 Å². The quantitative estimate of drug-likeness (QED) is 0.496. The number of oxazole rings is 1. The zero-order chi connectivity index (χ0) is 23.2. The number of nitrogens with zero attached hydrogens (tertiary/aromatic N) is 2. The van der Waals surface area contributed by atoms with E-state index in [1.165, 1.54) is 21.3 Å². The van der Waals surface area contributed by atoms with Crippen molar-refractivity contribution < 1.29 is 17.2 Å². The number of aromatic nitrogens is 2. The van der Waals surface area contributed by atoms with E-state index in [0.717, 1.165) is 6.26 Å². The van der Waals surface area contributed by atoms with E-state index >= 15 is 0 Å². The minimum Gasteiger partial charge on any atom is -0.405 e. The van der Waals surface area contributed by atoms with Crippen molar-refractivity contribution in [2.75, 3.05) is 11.0 Å². The van der Waals surface area contributed by atoms with Gasteiger partial charge in [-0.25, -0.2) is 17.6 Å². The molecule has 4 rings (SSSR count). The van der Waals surface area contributed by atoms with Crippen molar-refractivity contribution in [3.8, 4) is 11.1 Å². The van der Waals surface area contributed by atoms with Crippen LogP contribution in [0.25, 0.3) is 22.2 Å². The summed E-state index contributed by atoms with van der Waals surface area (Å²) in [7, 11) is -2.06. The zero-order valence-corrected chi connectivity index (χ0v) is 18.4. The fraction of sp³-hybridized carbons (Fsp3) is 0.182. The van der Waals surface area contributed by atoms with Gasteiger partial charge in [0.25, 0.3) is 5.56 Å². The Kier molecular flexibility index (Phi) is 5.25. The van der Waals surface area contributed by atoms with Crippen LogP contribution in [0.5, 0.6) is 0 Å². The van der Waals surface area contributed by atoms with Gasteiger partial charge in [0.05, 0.1) is 24.0 Å². The number of anilines is 1. The van der Waals surface area contributed by atoms with Crippen molar-refractivity contribution in [1.82, 2.24) is 9.13 Å². The second-order valence-electron chi connectivity index (χ2n) is 7.65. The van der Waals surface area contributed by atoms with Gasteiger partial charge in [-0.15, -0.1) is 0 Å². The van der Waals surface area contributed by atoms with Crippen molar-refractivity contribution in [2.45, 2.75) is 13.5 Å². The van der Waals surface area contributed by atoms with Crippen molar-refractivity contribution in [3.05, 3.63) is 86.5 Å². The van der Waals surface area contributed by atoms with E-state index in [0.29, 0.717) is 27.8 Å². The summed E-state index contributed by atoms with van der Waals surface area (Å²) in [5.41, 5.74) is 2.79. The van der Waals surface area contributed by atoms with E-state index in [1.54, 1.807) is 50.5 Å². The third kappa shape index (κ3) is 4.22. The lowest BCUT2D eigenvalue weighted by Gasteiger charge is -2.11. The minimum atomic E-state index is -3.68. The fourth-order valence-corrected chi connectivity index (χ4v) is 4.11. The Bertz CT molecular complexity index is 1540. The van der Waals surface area contributed by atoms with Crippen LogP contribution < -0.4 is 16.0 Å². The molecule has 0 fully saturated rings. The average molecular weight is 457 g/mol. The highest BCUT2D eigenvalue weighted by Gasteiger charge is 2.18. The molecule has 0 saturated heterocycles. The van der Waals surface area contributed by atoms with Crippen molar-refractivity contribution in [3.63, 3.8) is 0 Å². The van der Waals surface area contributed by atoms with Gasteiger partial charge in [0.2, 0.25) is 10.0 Å². The van der Waals surface area contributed by atoms with Gasteiger partial charge in [-0.1, -0.05) is 12.1 Å². The first-order valence-corrected chi connectivity index (χ1v) is 11.5. The molecular weight excluding hydrogens is 437 g/mol. The van der Waals surface area contributed by atoms with Gasteiger partial charge in [0.15, 0.2) is 5.58 Å². The van der Waals surface area contributed by atoms with Crippen LogP contribution >= 0.6 is 0 Å². The standard InChI is InChI=1S/C22H20FN3O5S/c1-13-8-16(12-25(2)21(13)27)15-9-18(24-32(3,29)30)20-19(10-15)26(22(28)31-20)11-14-4-6-17(23)7-5-14/h4-10,12,24H,11H2,1-3H3. The van der Waals surface area contributed by atoms with Crippen molar-refractivity contribution in [1.29, 1.82) is 0 Å². The third-order valence-electron chi connectivity index (χ3n) is 5.01. The number of aryl methyl sites for hydroxylation is 2. The van der Waals surface area contributed by atoms with Gasteiger partial charge in [-0.2, -0.15) is 0 Å². The summed E-state index contributed by atoms with van der Waals surface area (Å²) >= 11 is 0. The number of nitrogens with one attached hydrogen (secondary N) is 1. The molecule has 166 valence electrons. The first kappa shape index (κ1) is 21.6. The van der Waals surface area contributed by atoms with Crippen LogP contribution in [0.1, 0.15) is 11.1 Å². The Morgan fingerprint density at radius 3 is 2.38 bits per heavy atom. The zero-order valence-electron chi connectivity index (χ0n) is 17.5. The van der Waals surface area contributed by atoms with Crippen LogP contribution in [-0.2, 0) is 23.6 Å². The Balaban J connectivity index is 1.96. The molecule has 10 heteroatoms. The molecule has 0 aliphatic rings. The highest BCUT2D eigenvalue weighted by atomic mass is 32.2. The topological polar surface area (TPSA) is 103 Å². The van der Waals surface area contributed by atoms with E-state index in [9.17, 15) is 22.4 Å². The third-order valence-corrected chi connectivity index (χ3v) is 5.61. The molecule has 0 bridgehead atoms. The molecule has 2 aromatic heterocycles. The Hall–Kier alpha value is -3.66. The highest BCUT2D eigenvalue weighted by molar-refractivity contribution is 7.92. The minimum absolute atomic E-state index is 0.0767. The number of fused-ring (bicyclic) bond motifs is 1. The number of pyridine rings is 1. The Morgan fingerprint density at radius 1 is 1.06 bits per heavy atom. The Labute approximate surface area is 182 Å². The highest BCUT2D eigenvalue weighted by Crippen LogP contribution is 2.31. The molecule has 2 heterocycles. The summed E-state index contributed by atoms with van der Waals surface area (Å²) in [5.74, 6) is -1.08. The molecule has 32 heavy (non-hydrogen) atoms. The van der Waals surface area contributed by atoms with Crippen LogP contribution in [-0.4, -0.2) is 23.8 Å². The number of sulfonamides is 1. The van der Waals surface area contributed by atoms with Gasteiger partial charge < -0.3 is 8.98 Å². The maximum absolute atomic E-state index is 13.3. The van der Waals surface area contributed by atoms with E-state index in [2.05, 4.69) is 4.72 Å². The van der Waals surface area contributed by atoms with Crippen LogP contribution in [0.3, 0.4) is 0 Å². The fourth-order valence-electron chi connectivity index (χ4n) is 3.56. The normalized spacial score (nSPS) is 11.8. The molecular formula is C22H20FN3O5S. The van der Waals surface area contributed by atoms with Crippen LogP contribution in [0.4, 0.5) is 10.1 Å². The SMILES string of the molecule is Cc1cc(-c2cc(NS(C)(=O)=O)c3oc(=O)n(Cc4ccc(F)cc4)c3c2)cn(C)c1=O. The predicted octanol–water partition coefficient (Wildman–Crippen LogP) is 2.83. The molecule has 8 nitrogen and oxygen atoms in total. The number of halogens is 1. The molecule has 1 N–H and O–H groups in total. The van der Waals surface area contributed by atoms with Gasteiger partial charge in [-0.3, -0.25) is 14.1 Å². The largest absolute Gasteiger partial charge is 0.420 e. The molecule has 0 saturated carbocycles. The van der Waals surface area contributed by atoms with Crippen LogP contribution in [0.2, 0.25) is 0 Å². The van der Waals surface area contributed by atoms with Crippen molar-refractivity contribution >= 4 is 26.8 Å². The molecule has 0 spiro atoms. The lowest BCUT2D eigenvalue weighted by atomic mass is 10.0. The number of benzene rings is 2. The van der Waals surface area contributed by atoms with E-state index in [1.807, 2.05) is 0 Å². The van der Waals surface area contributed by atoms with Gasteiger partial charge in [0, 0.05) is 18.8 Å². The molecule has 2 aromatic carbocycles. The summed E-state index contributed by atoms with van der Waals surface area (Å²) in [4.78, 5) is 24.7. The second kappa shape index (κ2) is 7.79. The summed E-state index contributed by atoms with van der Waals surface area (Å²) in [6.45, 7) is 1.78. The number of rotatable bonds is 5. The molecule has 0 amide bonds. The first-order valence-electron chi connectivity index (χ1n) is 9.59. The monoisotopic (exact) mass is 457 g/mol. The number of hydrogen-bond donors (Lipinski definition) is 1. The smallest absolute Gasteiger partial charge is 0.405 e. The maximum atomic E-state index is 13.3. The van der Waals surface area contributed by atoms with Gasteiger partial charge in [0.1, 0.15) is 5.82 Å². The lowest BCUT2D eigenvalue weighted by molar-refractivity contribution is 0.518. The summed E-state index contributed by atoms with van der Waals surface area (Å²) < 4.78 is 47.7. The predicted molar refractivity (Wildman–Crippen MR) is 120 cm³/mol. The summed E-state index contributed by atoms with van der Waals surface area (Å²) in [6.07, 6.45) is 2.62. The van der Waals surface area contributed by atoms with Crippen LogP contribution in [0.15, 0.2) is 62.7 Å². The lowest BCUT2D eigenvalue weighted by Crippen LogP contribution is -2.18. The molecule has 0 unspecified atom stereocenters. The van der Waals surface area contributed by atoms with E-state index < -0.39 is 21.6 Å². The van der Waals surface area contributed by atoms with Gasteiger partial charge >= 0.3 is 5.76 Å². The molecule has 0 aliphatic heterocycles. The molecule has 0 atom stereocenters. The molecule has 0 radical (unpaired) electrons. The molecule has 4 aromatic rings. The second-order valence-corrected chi connectivity index (χ2v) is 9.40. The van der Waals surface area contributed by atoms with Crippen LogP contribution in [0, 0.1) is 12.7 Å². The Morgan fingerprint density at radius 2 is 1.75 bits per heavy atom. The average Bonchev–Trinajstić information content (AvgIpc) is 3.02. The summed E-state index contributed by atoms with van der Waals surface area (Å²) in [5, 5.41) is 0. The number of hydrogen-bond acceptors (Lipinski definition) is 5. The summed E-state index contributed by atoms with van der Waals surface area (Å²) in [6, 6.07) is 10.6. The van der Waals surface area contributed by atoms with Crippen molar-refractivity contribution in [2.24, 2.45) is 7.05 Å². The molecule has 0 aliphatic carbocycles. The van der Waals surface area contributed by atoms with E-state index in [4.69, 9.17) is 4.42 Å². The first-order chi connectivity index (χ1) is 15.0.